The molecule has 2 heterocycles. The molecule has 0 radical (unpaired) electrons. The van der Waals surface area contributed by atoms with Gasteiger partial charge in [0.15, 0.2) is 5.96 Å². The molecule has 2 fully saturated rings. The molecule has 0 atom stereocenters. The van der Waals surface area contributed by atoms with Gasteiger partial charge in [0.2, 0.25) is 5.91 Å². The molecule has 3 aliphatic rings. The van der Waals surface area contributed by atoms with Crippen LogP contribution in [0.1, 0.15) is 44.1 Å². The second-order valence-electron chi connectivity index (χ2n) is 8.94. The summed E-state index contributed by atoms with van der Waals surface area (Å²) < 4.78 is 5.59. The van der Waals surface area contributed by atoms with Gasteiger partial charge < -0.3 is 20.3 Å². The van der Waals surface area contributed by atoms with Crippen molar-refractivity contribution in [2.75, 3.05) is 57.9 Å². The Labute approximate surface area is 186 Å². The van der Waals surface area contributed by atoms with Gasteiger partial charge in [-0.2, -0.15) is 0 Å². The number of hydrogen-bond acceptors (Lipinski definition) is 4. The Bertz CT molecular complexity index is 769. The molecule has 1 saturated carbocycles. The largest absolute Gasteiger partial charge is 0.379 e. The molecule has 0 bridgehead atoms. The van der Waals surface area contributed by atoms with Crippen LogP contribution in [0, 0.1) is 0 Å². The summed E-state index contributed by atoms with van der Waals surface area (Å²) in [5.74, 6) is 0.799. The Morgan fingerprint density at radius 1 is 1.06 bits per heavy atom. The Kier molecular flexibility index (Phi) is 7.45. The van der Waals surface area contributed by atoms with Crippen molar-refractivity contribution < 1.29 is 9.53 Å². The zero-order valence-corrected chi connectivity index (χ0v) is 18.9. The van der Waals surface area contributed by atoms with Gasteiger partial charge in [0.1, 0.15) is 0 Å². The summed E-state index contributed by atoms with van der Waals surface area (Å²) in [6, 6.07) is 8.23. The van der Waals surface area contributed by atoms with E-state index in [1.54, 1.807) is 7.05 Å². The van der Waals surface area contributed by atoms with Gasteiger partial charge in [0, 0.05) is 44.5 Å². The molecular weight excluding hydrogens is 390 g/mol. The number of ether oxygens (including phenoxy) is 1. The number of amides is 1. The molecule has 31 heavy (non-hydrogen) atoms. The minimum Gasteiger partial charge on any atom is -0.379 e. The lowest BCUT2D eigenvalue weighted by atomic mass is 9.80. The van der Waals surface area contributed by atoms with E-state index in [2.05, 4.69) is 32.7 Å². The number of rotatable bonds is 5. The number of morpholine rings is 1. The van der Waals surface area contributed by atoms with Gasteiger partial charge in [-0.15, -0.1) is 0 Å². The van der Waals surface area contributed by atoms with E-state index in [4.69, 9.17) is 4.74 Å². The second kappa shape index (κ2) is 10.5. The second-order valence-corrected chi connectivity index (χ2v) is 8.94. The summed E-state index contributed by atoms with van der Waals surface area (Å²) in [6.45, 7) is 5.53. The molecule has 1 aromatic rings. The highest BCUT2D eigenvalue weighted by Gasteiger charge is 2.38. The number of para-hydroxylation sites is 1. The average Bonchev–Trinajstić information content (AvgIpc) is 2.84. The first-order chi connectivity index (χ1) is 15.2. The number of guanidine groups is 1. The van der Waals surface area contributed by atoms with Crippen molar-refractivity contribution in [3.8, 4) is 0 Å². The summed E-state index contributed by atoms with van der Waals surface area (Å²) >= 11 is 0. The van der Waals surface area contributed by atoms with Crippen LogP contribution in [0.2, 0.25) is 0 Å². The van der Waals surface area contributed by atoms with Crippen LogP contribution >= 0.6 is 0 Å². The number of aliphatic imine (C=N–C) groups is 1. The van der Waals surface area contributed by atoms with Crippen molar-refractivity contribution >= 4 is 17.6 Å². The number of fused-ring (bicyclic) bond motifs is 1. The minimum absolute atomic E-state index is 0.0932. The summed E-state index contributed by atoms with van der Waals surface area (Å²) in [7, 11) is 1.78. The quantitative estimate of drug-likeness (QED) is 0.557. The molecule has 0 spiro atoms. The number of aryl methyl sites for hydroxylation is 1. The molecular formula is C24H37N5O2. The highest BCUT2D eigenvalue weighted by Crippen LogP contribution is 2.34. The number of nitrogens with zero attached hydrogens (tertiary/aromatic N) is 3. The summed E-state index contributed by atoms with van der Waals surface area (Å²) in [4.78, 5) is 21.9. The molecule has 7 heteroatoms. The number of anilines is 1. The van der Waals surface area contributed by atoms with Gasteiger partial charge in [-0.3, -0.25) is 14.7 Å². The predicted molar refractivity (Wildman–Crippen MR) is 125 cm³/mol. The molecule has 0 unspecified atom stereocenters. The molecule has 4 rings (SSSR count). The van der Waals surface area contributed by atoms with Gasteiger partial charge in [0.05, 0.1) is 19.8 Å². The lowest BCUT2D eigenvalue weighted by Gasteiger charge is -2.48. The van der Waals surface area contributed by atoms with Gasteiger partial charge >= 0.3 is 0 Å². The molecule has 7 nitrogen and oxygen atoms in total. The third-order valence-corrected chi connectivity index (χ3v) is 7.09. The van der Waals surface area contributed by atoms with Crippen molar-refractivity contribution in [3.63, 3.8) is 0 Å². The SMILES string of the molecule is CN=C(NCC(=O)N1CCCc2ccccc21)NCC1(N2CCOCC2)CCCCC1. The number of carbonyl (C=O) groups is 1. The number of hydrogen-bond donors (Lipinski definition) is 2. The summed E-state index contributed by atoms with van der Waals surface area (Å²) in [5, 5.41) is 6.80. The number of benzene rings is 1. The van der Waals surface area contributed by atoms with Crippen LogP contribution in [-0.2, 0) is 16.0 Å². The van der Waals surface area contributed by atoms with Crippen molar-refractivity contribution in [2.45, 2.75) is 50.5 Å². The fourth-order valence-electron chi connectivity index (χ4n) is 5.37. The van der Waals surface area contributed by atoms with Crippen LogP contribution < -0.4 is 15.5 Å². The first-order valence-corrected chi connectivity index (χ1v) is 11.9. The zero-order chi connectivity index (χ0) is 21.5. The first kappa shape index (κ1) is 22.1. The van der Waals surface area contributed by atoms with Crippen LogP contribution in [0.25, 0.3) is 0 Å². The van der Waals surface area contributed by atoms with Crippen LogP contribution in [0.3, 0.4) is 0 Å². The van der Waals surface area contributed by atoms with Crippen LogP contribution in [-0.4, -0.2) is 75.3 Å². The van der Waals surface area contributed by atoms with E-state index in [1.165, 1.54) is 37.7 Å². The maximum atomic E-state index is 13.0. The lowest BCUT2D eigenvalue weighted by Crippen LogP contribution is -2.60. The third-order valence-electron chi connectivity index (χ3n) is 7.09. The summed E-state index contributed by atoms with van der Waals surface area (Å²) in [5.41, 5.74) is 2.47. The van der Waals surface area contributed by atoms with Gasteiger partial charge in [-0.1, -0.05) is 37.5 Å². The Morgan fingerprint density at radius 3 is 2.61 bits per heavy atom. The van der Waals surface area contributed by atoms with Gasteiger partial charge in [-0.25, -0.2) is 0 Å². The fourth-order valence-corrected chi connectivity index (χ4v) is 5.37. The van der Waals surface area contributed by atoms with Crippen LogP contribution in [0.5, 0.6) is 0 Å². The molecule has 1 aliphatic carbocycles. The van der Waals surface area contributed by atoms with E-state index < -0.39 is 0 Å². The fraction of sp³-hybridized carbons (Fsp3) is 0.667. The molecule has 0 aromatic heterocycles. The van der Waals surface area contributed by atoms with E-state index in [9.17, 15) is 4.79 Å². The number of nitrogens with one attached hydrogen (secondary N) is 2. The van der Waals surface area contributed by atoms with Crippen molar-refractivity contribution in [1.82, 2.24) is 15.5 Å². The standard InChI is InChI=1S/C24H37N5O2/c1-25-23(26-18-22(30)29-13-7-9-20-8-3-4-10-21(20)29)27-19-24(11-5-2-6-12-24)28-14-16-31-17-15-28/h3-4,8,10H,2,5-7,9,11-19H2,1H3,(H2,25,26,27). The molecule has 1 saturated heterocycles. The highest BCUT2D eigenvalue weighted by atomic mass is 16.5. The Hall–Kier alpha value is -2.12. The van der Waals surface area contributed by atoms with E-state index in [-0.39, 0.29) is 18.0 Å². The normalized spacial score (nSPS) is 22.0. The van der Waals surface area contributed by atoms with Gasteiger partial charge in [-0.05, 0) is 37.3 Å². The number of carbonyl (C=O) groups excluding carboxylic acids is 1. The van der Waals surface area contributed by atoms with E-state index in [0.717, 1.165) is 57.9 Å². The molecule has 170 valence electrons. The average molecular weight is 428 g/mol. The Balaban J connectivity index is 1.33. The van der Waals surface area contributed by atoms with Gasteiger partial charge in [0.25, 0.3) is 0 Å². The maximum Gasteiger partial charge on any atom is 0.246 e. The Morgan fingerprint density at radius 2 is 1.84 bits per heavy atom. The van der Waals surface area contributed by atoms with Crippen molar-refractivity contribution in [1.29, 1.82) is 0 Å². The third kappa shape index (κ3) is 5.21. The monoisotopic (exact) mass is 427 g/mol. The highest BCUT2D eigenvalue weighted by molar-refractivity contribution is 5.98. The molecule has 2 aliphatic heterocycles. The predicted octanol–water partition coefficient (Wildman–Crippen LogP) is 2.17. The summed E-state index contributed by atoms with van der Waals surface area (Å²) in [6.07, 6.45) is 8.35. The van der Waals surface area contributed by atoms with E-state index >= 15 is 0 Å². The van der Waals surface area contributed by atoms with Crippen molar-refractivity contribution in [2.24, 2.45) is 4.99 Å². The smallest absolute Gasteiger partial charge is 0.246 e. The topological polar surface area (TPSA) is 69.2 Å². The minimum atomic E-state index is 0.0932. The molecule has 1 aromatic carbocycles. The van der Waals surface area contributed by atoms with Crippen LogP contribution in [0.4, 0.5) is 5.69 Å². The van der Waals surface area contributed by atoms with Crippen molar-refractivity contribution in [3.05, 3.63) is 29.8 Å². The molecule has 1 amide bonds. The van der Waals surface area contributed by atoms with Crippen LogP contribution in [0.15, 0.2) is 29.3 Å². The lowest BCUT2D eigenvalue weighted by molar-refractivity contribution is -0.117. The van der Waals surface area contributed by atoms with E-state index in [0.29, 0.717) is 5.96 Å². The zero-order valence-electron chi connectivity index (χ0n) is 18.9. The maximum absolute atomic E-state index is 13.0. The first-order valence-electron chi connectivity index (χ1n) is 11.9. The molecule has 2 N–H and O–H groups in total. The van der Waals surface area contributed by atoms with E-state index in [1.807, 2.05) is 17.0 Å².